The summed E-state index contributed by atoms with van der Waals surface area (Å²) in [5.41, 5.74) is -1.31. The minimum absolute atomic E-state index is 0.0220. The molecule has 0 bridgehead atoms. The van der Waals surface area contributed by atoms with Gasteiger partial charge in [0.1, 0.15) is 5.82 Å². The predicted molar refractivity (Wildman–Crippen MR) is 45.8 cm³/mol. The summed E-state index contributed by atoms with van der Waals surface area (Å²) in [6.45, 7) is 1.55. The number of aromatic nitrogens is 2. The summed E-state index contributed by atoms with van der Waals surface area (Å²) in [7, 11) is 1.47. The monoisotopic (exact) mass is 184 g/mol. The van der Waals surface area contributed by atoms with Crippen LogP contribution in [0.5, 0.6) is 0 Å². The van der Waals surface area contributed by atoms with Crippen molar-refractivity contribution in [2.45, 2.75) is 6.92 Å². The first-order valence-corrected chi connectivity index (χ1v) is 3.49. The van der Waals surface area contributed by atoms with Crippen LogP contribution < -0.4 is 10.9 Å². The van der Waals surface area contributed by atoms with Crippen molar-refractivity contribution in [3.8, 4) is 0 Å². The Bertz CT molecular complexity index is 397. The molecule has 13 heavy (non-hydrogen) atoms. The topological polar surface area (TPSA) is 101 Å². The Morgan fingerprint density at radius 3 is 2.69 bits per heavy atom. The molecule has 0 radical (unpaired) electrons. The molecule has 1 heterocycles. The van der Waals surface area contributed by atoms with Crippen LogP contribution in [0.15, 0.2) is 4.79 Å². The number of H-pyrrole nitrogens is 1. The SMILES string of the molecule is CNc1nc(C)[nH]c(=O)c1[N+](=O)[O-]. The molecule has 0 atom stereocenters. The van der Waals surface area contributed by atoms with Crippen molar-refractivity contribution in [1.29, 1.82) is 0 Å². The molecule has 0 saturated carbocycles. The first-order valence-electron chi connectivity index (χ1n) is 3.49. The summed E-state index contributed by atoms with van der Waals surface area (Å²) >= 11 is 0. The molecule has 70 valence electrons. The summed E-state index contributed by atoms with van der Waals surface area (Å²) in [5, 5.41) is 12.9. The largest absolute Gasteiger partial charge is 0.375 e. The van der Waals surface area contributed by atoms with Crippen molar-refractivity contribution in [2.75, 3.05) is 12.4 Å². The van der Waals surface area contributed by atoms with Crippen molar-refractivity contribution in [3.63, 3.8) is 0 Å². The fraction of sp³-hybridized carbons (Fsp3) is 0.333. The lowest BCUT2D eigenvalue weighted by molar-refractivity contribution is -0.385. The Kier molecular flexibility index (Phi) is 2.27. The van der Waals surface area contributed by atoms with Gasteiger partial charge < -0.3 is 10.3 Å². The number of hydrogen-bond donors (Lipinski definition) is 2. The molecule has 1 rings (SSSR count). The van der Waals surface area contributed by atoms with E-state index >= 15 is 0 Å². The molecule has 0 aromatic carbocycles. The van der Waals surface area contributed by atoms with Gasteiger partial charge in [0.05, 0.1) is 4.92 Å². The average molecular weight is 184 g/mol. The van der Waals surface area contributed by atoms with Crippen LogP contribution in [0, 0.1) is 17.0 Å². The summed E-state index contributed by atoms with van der Waals surface area (Å²) in [6.07, 6.45) is 0. The number of aryl methyl sites for hydroxylation is 1. The quantitative estimate of drug-likeness (QED) is 0.498. The molecule has 0 amide bonds. The van der Waals surface area contributed by atoms with Gasteiger partial charge in [-0.2, -0.15) is 0 Å². The molecule has 7 nitrogen and oxygen atoms in total. The van der Waals surface area contributed by atoms with Crippen molar-refractivity contribution in [2.24, 2.45) is 0 Å². The predicted octanol–water partition coefficient (Wildman–Crippen LogP) is 0.0282. The highest BCUT2D eigenvalue weighted by Crippen LogP contribution is 2.14. The smallest absolute Gasteiger partial charge is 0.367 e. The van der Waals surface area contributed by atoms with Crippen LogP contribution >= 0.6 is 0 Å². The van der Waals surface area contributed by atoms with Gasteiger partial charge in [0, 0.05) is 7.05 Å². The maximum absolute atomic E-state index is 11.1. The number of nitrogens with zero attached hydrogens (tertiary/aromatic N) is 2. The summed E-state index contributed by atoms with van der Waals surface area (Å²) in [6, 6.07) is 0. The number of aromatic amines is 1. The van der Waals surface area contributed by atoms with Gasteiger partial charge in [-0.3, -0.25) is 14.9 Å². The lowest BCUT2D eigenvalue weighted by Gasteiger charge is -2.00. The van der Waals surface area contributed by atoms with Crippen LogP contribution in [0.25, 0.3) is 0 Å². The van der Waals surface area contributed by atoms with Crippen LogP contribution in [-0.4, -0.2) is 21.9 Å². The van der Waals surface area contributed by atoms with Gasteiger partial charge in [-0.15, -0.1) is 0 Å². The maximum atomic E-state index is 11.1. The van der Waals surface area contributed by atoms with Crippen LogP contribution in [-0.2, 0) is 0 Å². The van der Waals surface area contributed by atoms with E-state index < -0.39 is 16.2 Å². The Hall–Kier alpha value is -1.92. The van der Waals surface area contributed by atoms with E-state index in [0.717, 1.165) is 0 Å². The number of nitrogens with one attached hydrogen (secondary N) is 2. The summed E-state index contributed by atoms with van der Waals surface area (Å²) in [4.78, 5) is 26.7. The van der Waals surface area contributed by atoms with Crippen molar-refractivity contribution in [3.05, 3.63) is 26.3 Å². The Balaban J connectivity index is 3.48. The molecule has 0 saturated heterocycles. The standard InChI is InChI=1S/C6H8N4O3/c1-3-8-5(7-2)4(10(12)13)6(11)9-3/h1-2H3,(H2,7,8,9,11). The molecule has 0 fully saturated rings. The van der Waals surface area contributed by atoms with E-state index in [-0.39, 0.29) is 5.82 Å². The minimum Gasteiger partial charge on any atom is -0.367 e. The first kappa shape index (κ1) is 9.17. The fourth-order valence-corrected chi connectivity index (χ4v) is 0.923. The highest BCUT2D eigenvalue weighted by atomic mass is 16.6. The van der Waals surface area contributed by atoms with Crippen LogP contribution in [0.2, 0.25) is 0 Å². The molecule has 0 unspecified atom stereocenters. The van der Waals surface area contributed by atoms with Gasteiger partial charge in [0.15, 0.2) is 0 Å². The van der Waals surface area contributed by atoms with Gasteiger partial charge in [-0.25, -0.2) is 4.98 Å². The second-order valence-electron chi connectivity index (χ2n) is 2.36. The van der Waals surface area contributed by atoms with Crippen molar-refractivity contribution >= 4 is 11.5 Å². The zero-order valence-electron chi connectivity index (χ0n) is 7.12. The summed E-state index contributed by atoms with van der Waals surface area (Å²) < 4.78 is 0. The van der Waals surface area contributed by atoms with Crippen LogP contribution in [0.4, 0.5) is 11.5 Å². The molecule has 7 heteroatoms. The minimum atomic E-state index is -0.767. The molecule has 1 aromatic rings. The normalized spacial score (nSPS) is 9.69. The highest BCUT2D eigenvalue weighted by molar-refractivity contribution is 5.53. The Labute approximate surface area is 73.0 Å². The molecular formula is C6H8N4O3. The molecule has 2 N–H and O–H groups in total. The third kappa shape index (κ3) is 1.63. The zero-order valence-corrected chi connectivity index (χ0v) is 7.12. The molecule has 0 aliphatic heterocycles. The number of hydrogen-bond acceptors (Lipinski definition) is 5. The van der Waals surface area contributed by atoms with Gasteiger partial charge in [-0.1, -0.05) is 0 Å². The Morgan fingerprint density at radius 2 is 2.23 bits per heavy atom. The third-order valence-corrected chi connectivity index (χ3v) is 1.43. The van der Waals surface area contributed by atoms with Crippen molar-refractivity contribution in [1.82, 2.24) is 9.97 Å². The second kappa shape index (κ2) is 3.21. The zero-order chi connectivity index (χ0) is 10.0. The molecule has 0 aliphatic rings. The average Bonchev–Trinajstić information content (AvgIpc) is 2.01. The fourth-order valence-electron chi connectivity index (χ4n) is 0.923. The maximum Gasteiger partial charge on any atom is 0.375 e. The summed E-state index contributed by atoms with van der Waals surface area (Å²) in [5.74, 6) is 0.311. The number of nitro groups is 1. The van der Waals surface area contributed by atoms with E-state index in [1.54, 1.807) is 6.92 Å². The molecule has 0 aliphatic carbocycles. The van der Waals surface area contributed by atoms with Crippen LogP contribution in [0.3, 0.4) is 0 Å². The third-order valence-electron chi connectivity index (χ3n) is 1.43. The van der Waals surface area contributed by atoms with Crippen LogP contribution in [0.1, 0.15) is 5.82 Å². The van der Waals surface area contributed by atoms with E-state index in [9.17, 15) is 14.9 Å². The van der Waals surface area contributed by atoms with E-state index in [4.69, 9.17) is 0 Å². The molecule has 0 spiro atoms. The second-order valence-corrected chi connectivity index (χ2v) is 2.36. The highest BCUT2D eigenvalue weighted by Gasteiger charge is 2.20. The molecular weight excluding hydrogens is 176 g/mol. The van der Waals surface area contributed by atoms with E-state index in [1.165, 1.54) is 7.05 Å². The van der Waals surface area contributed by atoms with Crippen molar-refractivity contribution < 1.29 is 4.92 Å². The lowest BCUT2D eigenvalue weighted by Crippen LogP contribution is -2.16. The van der Waals surface area contributed by atoms with E-state index in [0.29, 0.717) is 5.82 Å². The Morgan fingerprint density at radius 1 is 1.62 bits per heavy atom. The van der Waals surface area contributed by atoms with E-state index in [2.05, 4.69) is 15.3 Å². The van der Waals surface area contributed by atoms with Gasteiger partial charge in [-0.05, 0) is 6.92 Å². The van der Waals surface area contributed by atoms with Gasteiger partial charge >= 0.3 is 11.2 Å². The molecule has 1 aromatic heterocycles. The lowest BCUT2D eigenvalue weighted by atomic mass is 10.4. The number of rotatable bonds is 2. The number of anilines is 1. The first-order chi connectivity index (χ1) is 6.06. The van der Waals surface area contributed by atoms with Gasteiger partial charge in [0.25, 0.3) is 0 Å². The van der Waals surface area contributed by atoms with Gasteiger partial charge in [0.2, 0.25) is 5.82 Å². The van der Waals surface area contributed by atoms with E-state index in [1.807, 2.05) is 0 Å².